The average Bonchev–Trinajstić information content (AvgIpc) is 3.07. The van der Waals surface area contributed by atoms with Crippen LogP contribution in [0.15, 0.2) is 34.2 Å². The molecule has 0 bridgehead atoms. The molecule has 0 saturated carbocycles. The number of amides is 1. The summed E-state index contributed by atoms with van der Waals surface area (Å²) in [6.07, 6.45) is 1.62. The first-order chi connectivity index (χ1) is 11.5. The van der Waals surface area contributed by atoms with E-state index < -0.39 is 24.3 Å². The SMILES string of the molecule is O=C(COC(=O)c1c(Cl)nc2sccn12)Nc1ccc(Br)cc1F. The van der Waals surface area contributed by atoms with Crippen LogP contribution in [-0.2, 0) is 9.53 Å². The summed E-state index contributed by atoms with van der Waals surface area (Å²) in [5.41, 5.74) is 0.0254. The lowest BCUT2D eigenvalue weighted by Gasteiger charge is -2.07. The van der Waals surface area contributed by atoms with E-state index in [4.69, 9.17) is 16.3 Å². The Balaban J connectivity index is 1.64. The van der Waals surface area contributed by atoms with Gasteiger partial charge in [0, 0.05) is 16.0 Å². The minimum absolute atomic E-state index is 0.00814. The lowest BCUT2D eigenvalue weighted by Crippen LogP contribution is -2.22. The van der Waals surface area contributed by atoms with Crippen molar-refractivity contribution in [3.63, 3.8) is 0 Å². The first-order valence-electron chi connectivity index (χ1n) is 6.49. The van der Waals surface area contributed by atoms with Gasteiger partial charge in [0.1, 0.15) is 5.82 Å². The Morgan fingerprint density at radius 3 is 3.00 bits per heavy atom. The van der Waals surface area contributed by atoms with E-state index in [9.17, 15) is 14.0 Å². The number of benzene rings is 1. The highest BCUT2D eigenvalue weighted by atomic mass is 79.9. The fraction of sp³-hybridized carbons (Fsp3) is 0.0714. The lowest BCUT2D eigenvalue weighted by atomic mass is 10.3. The molecule has 1 N–H and O–H groups in total. The van der Waals surface area contributed by atoms with E-state index in [1.807, 2.05) is 0 Å². The number of halogens is 3. The molecule has 3 aromatic rings. The fourth-order valence-electron chi connectivity index (χ4n) is 1.92. The third-order valence-corrected chi connectivity index (χ3v) is 4.47. The van der Waals surface area contributed by atoms with Crippen LogP contribution in [0.1, 0.15) is 10.5 Å². The zero-order valence-electron chi connectivity index (χ0n) is 11.8. The van der Waals surface area contributed by atoms with Crippen LogP contribution in [0.4, 0.5) is 10.1 Å². The summed E-state index contributed by atoms with van der Waals surface area (Å²) >= 11 is 10.3. The second-order valence-corrected chi connectivity index (χ2v) is 6.70. The van der Waals surface area contributed by atoms with E-state index in [-0.39, 0.29) is 16.5 Å². The summed E-state index contributed by atoms with van der Waals surface area (Å²) in [7, 11) is 0. The molecule has 10 heteroatoms. The molecule has 0 atom stereocenters. The first kappa shape index (κ1) is 16.9. The monoisotopic (exact) mass is 431 g/mol. The number of rotatable bonds is 4. The van der Waals surface area contributed by atoms with Crippen molar-refractivity contribution in [2.75, 3.05) is 11.9 Å². The minimum Gasteiger partial charge on any atom is -0.451 e. The maximum atomic E-state index is 13.6. The normalized spacial score (nSPS) is 10.8. The molecule has 0 saturated heterocycles. The topological polar surface area (TPSA) is 72.7 Å². The predicted octanol–water partition coefficient (Wildman–Crippen LogP) is 3.75. The van der Waals surface area contributed by atoms with Gasteiger partial charge >= 0.3 is 5.97 Å². The van der Waals surface area contributed by atoms with Crippen LogP contribution >= 0.6 is 38.9 Å². The van der Waals surface area contributed by atoms with E-state index in [0.717, 1.165) is 0 Å². The number of hydrogen-bond donors (Lipinski definition) is 1. The summed E-state index contributed by atoms with van der Waals surface area (Å²) in [5.74, 6) is -2.08. The molecule has 124 valence electrons. The summed E-state index contributed by atoms with van der Waals surface area (Å²) in [6.45, 7) is -0.581. The fourth-order valence-corrected chi connectivity index (χ4v) is 3.26. The number of hydrogen-bond acceptors (Lipinski definition) is 5. The Kier molecular flexibility index (Phi) is 4.83. The summed E-state index contributed by atoms with van der Waals surface area (Å²) in [5, 5.41) is 4.05. The van der Waals surface area contributed by atoms with Crippen LogP contribution in [-0.4, -0.2) is 27.9 Å². The second-order valence-electron chi connectivity index (χ2n) is 4.56. The molecule has 0 fully saturated rings. The number of aromatic nitrogens is 2. The van der Waals surface area contributed by atoms with Crippen molar-refractivity contribution in [2.24, 2.45) is 0 Å². The van der Waals surface area contributed by atoms with Gasteiger partial charge in [0.25, 0.3) is 5.91 Å². The molecule has 3 rings (SSSR count). The summed E-state index contributed by atoms with van der Waals surface area (Å²) in [4.78, 5) is 28.4. The largest absolute Gasteiger partial charge is 0.451 e. The van der Waals surface area contributed by atoms with Crippen molar-refractivity contribution in [3.8, 4) is 0 Å². The predicted molar refractivity (Wildman–Crippen MR) is 91.1 cm³/mol. The average molecular weight is 433 g/mol. The van der Waals surface area contributed by atoms with E-state index >= 15 is 0 Å². The van der Waals surface area contributed by atoms with Crippen LogP contribution in [0.2, 0.25) is 5.15 Å². The number of carbonyl (C=O) groups excluding carboxylic acids is 2. The van der Waals surface area contributed by atoms with Gasteiger partial charge in [-0.3, -0.25) is 9.20 Å². The maximum Gasteiger partial charge on any atom is 0.359 e. The number of anilines is 1. The standard InChI is InChI=1S/C14H8BrClFN3O3S/c15-7-1-2-9(8(17)5-7)18-10(21)6-23-13(22)11-12(16)19-14-20(11)3-4-24-14/h1-5H,6H2,(H,18,21). The zero-order chi connectivity index (χ0) is 17.3. The molecule has 24 heavy (non-hydrogen) atoms. The highest BCUT2D eigenvalue weighted by Crippen LogP contribution is 2.22. The van der Waals surface area contributed by atoms with Crippen LogP contribution < -0.4 is 5.32 Å². The number of ether oxygens (including phenoxy) is 1. The third-order valence-electron chi connectivity index (χ3n) is 2.95. The van der Waals surface area contributed by atoms with Gasteiger partial charge in [-0.1, -0.05) is 27.5 Å². The number of esters is 1. The Morgan fingerprint density at radius 2 is 2.25 bits per heavy atom. The first-order valence-corrected chi connectivity index (χ1v) is 8.54. The van der Waals surface area contributed by atoms with E-state index in [1.165, 1.54) is 27.9 Å². The lowest BCUT2D eigenvalue weighted by molar-refractivity contribution is -0.119. The number of thiazole rings is 1. The zero-order valence-corrected chi connectivity index (χ0v) is 14.9. The number of nitrogens with zero attached hydrogens (tertiary/aromatic N) is 2. The smallest absolute Gasteiger partial charge is 0.359 e. The molecule has 1 amide bonds. The molecule has 0 aliphatic carbocycles. The number of carbonyl (C=O) groups is 2. The molecule has 0 unspecified atom stereocenters. The van der Waals surface area contributed by atoms with Crippen LogP contribution in [0.5, 0.6) is 0 Å². The van der Waals surface area contributed by atoms with Crippen molar-refractivity contribution in [2.45, 2.75) is 0 Å². The van der Waals surface area contributed by atoms with Gasteiger partial charge in [0.15, 0.2) is 22.4 Å². The highest BCUT2D eigenvalue weighted by molar-refractivity contribution is 9.10. The van der Waals surface area contributed by atoms with Gasteiger partial charge in [-0.05, 0) is 18.2 Å². The van der Waals surface area contributed by atoms with Crippen molar-refractivity contribution in [3.05, 3.63) is 50.9 Å². The summed E-state index contributed by atoms with van der Waals surface area (Å²) < 4.78 is 20.6. The van der Waals surface area contributed by atoms with Gasteiger partial charge in [0.2, 0.25) is 0 Å². The number of nitrogens with one attached hydrogen (secondary N) is 1. The third kappa shape index (κ3) is 3.42. The Bertz CT molecular complexity index is 943. The molecule has 2 heterocycles. The molecular formula is C14H8BrClFN3O3S. The van der Waals surface area contributed by atoms with E-state index in [2.05, 4.69) is 26.2 Å². The Labute approximate surface area is 152 Å². The molecule has 0 spiro atoms. The Morgan fingerprint density at radius 1 is 1.46 bits per heavy atom. The van der Waals surface area contributed by atoms with E-state index in [0.29, 0.717) is 9.43 Å². The van der Waals surface area contributed by atoms with Gasteiger partial charge in [-0.25, -0.2) is 14.2 Å². The molecule has 1 aromatic carbocycles. The quantitative estimate of drug-likeness (QED) is 0.637. The second kappa shape index (κ2) is 6.88. The van der Waals surface area contributed by atoms with Gasteiger partial charge in [-0.2, -0.15) is 0 Å². The van der Waals surface area contributed by atoms with Crippen LogP contribution in [0.3, 0.4) is 0 Å². The summed E-state index contributed by atoms with van der Waals surface area (Å²) in [6, 6.07) is 4.17. The Hall–Kier alpha value is -1.97. The van der Waals surface area contributed by atoms with Crippen molar-refractivity contribution >= 4 is 61.4 Å². The van der Waals surface area contributed by atoms with Gasteiger partial charge in [-0.15, -0.1) is 11.3 Å². The van der Waals surface area contributed by atoms with Crippen molar-refractivity contribution in [1.29, 1.82) is 0 Å². The number of imidazole rings is 1. The number of fused-ring (bicyclic) bond motifs is 1. The van der Waals surface area contributed by atoms with Gasteiger partial charge < -0.3 is 10.1 Å². The highest BCUT2D eigenvalue weighted by Gasteiger charge is 2.21. The van der Waals surface area contributed by atoms with Gasteiger partial charge in [0.05, 0.1) is 5.69 Å². The molecular weight excluding hydrogens is 425 g/mol. The molecule has 2 aromatic heterocycles. The van der Waals surface area contributed by atoms with Crippen LogP contribution in [0, 0.1) is 5.82 Å². The molecule has 0 aliphatic rings. The molecule has 0 aliphatic heterocycles. The maximum absolute atomic E-state index is 13.6. The minimum atomic E-state index is -0.794. The molecule has 6 nitrogen and oxygen atoms in total. The molecule has 0 radical (unpaired) electrons. The van der Waals surface area contributed by atoms with Crippen molar-refractivity contribution < 1.29 is 18.7 Å². The van der Waals surface area contributed by atoms with Crippen LogP contribution in [0.25, 0.3) is 4.96 Å². The van der Waals surface area contributed by atoms with E-state index in [1.54, 1.807) is 17.6 Å². The van der Waals surface area contributed by atoms with Crippen molar-refractivity contribution in [1.82, 2.24) is 9.38 Å².